The molecule has 0 bridgehead atoms. The van der Waals surface area contributed by atoms with E-state index in [1.807, 2.05) is 25.1 Å². The van der Waals surface area contributed by atoms with Crippen LogP contribution in [-0.2, 0) is 11.3 Å². The number of methoxy groups -OCH3 is 1. The van der Waals surface area contributed by atoms with Gasteiger partial charge in [-0.2, -0.15) is 5.26 Å². The Morgan fingerprint density at radius 2 is 2.11 bits per heavy atom. The molecule has 0 aliphatic heterocycles. The molecule has 0 aliphatic rings. The first-order valence-corrected chi connectivity index (χ1v) is 6.62. The Morgan fingerprint density at radius 1 is 1.32 bits per heavy atom. The highest BCUT2D eigenvalue weighted by Crippen LogP contribution is 2.20. The fourth-order valence-corrected chi connectivity index (χ4v) is 1.87. The highest BCUT2D eigenvalue weighted by Gasteiger charge is 2.07. The van der Waals surface area contributed by atoms with Crippen LogP contribution >= 0.6 is 0 Å². The summed E-state index contributed by atoms with van der Waals surface area (Å²) in [6.45, 7) is 8.35. The van der Waals surface area contributed by atoms with Gasteiger partial charge in [0, 0.05) is 19.7 Å². The number of rotatable bonds is 8. The van der Waals surface area contributed by atoms with Crippen molar-refractivity contribution in [2.24, 2.45) is 0 Å². The van der Waals surface area contributed by atoms with E-state index < -0.39 is 0 Å². The molecule has 4 heteroatoms. The number of ether oxygens (including phenoxy) is 2. The first kappa shape index (κ1) is 15.5. The molecule has 0 saturated carbocycles. The topological polar surface area (TPSA) is 45.5 Å². The molecule has 0 amide bonds. The minimum atomic E-state index is 0.573. The molecule has 0 heterocycles. The lowest BCUT2D eigenvalue weighted by Gasteiger charge is -2.20. The largest absolute Gasteiger partial charge is 0.495 e. The van der Waals surface area contributed by atoms with Crippen LogP contribution in [0.5, 0.6) is 5.75 Å². The number of likely N-dealkylation sites (N-methyl/N-ethyl adjacent to an activating group) is 1. The molecule has 1 aromatic carbocycles. The molecule has 104 valence electrons. The van der Waals surface area contributed by atoms with Crippen LogP contribution < -0.4 is 4.74 Å². The van der Waals surface area contributed by atoms with Crippen LogP contribution in [0.2, 0.25) is 0 Å². The van der Waals surface area contributed by atoms with E-state index >= 15 is 0 Å². The summed E-state index contributed by atoms with van der Waals surface area (Å²) < 4.78 is 10.6. The van der Waals surface area contributed by atoms with Crippen molar-refractivity contribution in [3.63, 3.8) is 0 Å². The fourth-order valence-electron chi connectivity index (χ4n) is 1.87. The number of benzene rings is 1. The van der Waals surface area contributed by atoms with E-state index in [0.717, 1.165) is 38.4 Å². The second-order valence-corrected chi connectivity index (χ2v) is 4.21. The zero-order chi connectivity index (χ0) is 14.1. The Kier molecular flexibility index (Phi) is 6.94. The number of hydrogen-bond acceptors (Lipinski definition) is 4. The Morgan fingerprint density at radius 3 is 2.68 bits per heavy atom. The van der Waals surface area contributed by atoms with Crippen molar-refractivity contribution in [1.82, 2.24) is 4.90 Å². The number of hydrogen-bond donors (Lipinski definition) is 0. The average Bonchev–Trinajstić information content (AvgIpc) is 2.46. The molecule has 0 radical (unpaired) electrons. The molecular weight excluding hydrogens is 240 g/mol. The Hall–Kier alpha value is -1.57. The smallest absolute Gasteiger partial charge is 0.136 e. The third-order valence-electron chi connectivity index (χ3n) is 3.00. The van der Waals surface area contributed by atoms with Gasteiger partial charge >= 0.3 is 0 Å². The summed E-state index contributed by atoms with van der Waals surface area (Å²) in [5.41, 5.74) is 1.72. The van der Waals surface area contributed by atoms with Crippen molar-refractivity contribution in [2.75, 3.05) is 33.4 Å². The van der Waals surface area contributed by atoms with E-state index in [-0.39, 0.29) is 0 Å². The lowest BCUT2D eigenvalue weighted by atomic mass is 10.1. The average molecular weight is 262 g/mol. The summed E-state index contributed by atoms with van der Waals surface area (Å²) in [5, 5.41) is 8.95. The standard InChI is InChI=1S/C15H22N2O2/c1-4-17(8-9-19-5-2)12-13-6-7-14(11-16)15(10-13)18-3/h6-7,10H,4-5,8-9,12H2,1-3H3. The van der Waals surface area contributed by atoms with Crippen molar-refractivity contribution in [1.29, 1.82) is 5.26 Å². The van der Waals surface area contributed by atoms with E-state index in [2.05, 4.69) is 17.9 Å². The lowest BCUT2D eigenvalue weighted by Crippen LogP contribution is -2.27. The normalized spacial score (nSPS) is 10.5. The predicted octanol–water partition coefficient (Wildman–Crippen LogP) is 2.43. The van der Waals surface area contributed by atoms with E-state index in [1.54, 1.807) is 7.11 Å². The molecule has 0 saturated heterocycles. The van der Waals surface area contributed by atoms with Crippen molar-refractivity contribution in [3.8, 4) is 11.8 Å². The first-order chi connectivity index (χ1) is 9.24. The van der Waals surface area contributed by atoms with Gasteiger partial charge in [-0.15, -0.1) is 0 Å². The van der Waals surface area contributed by atoms with Gasteiger partial charge in [-0.1, -0.05) is 13.0 Å². The molecule has 0 N–H and O–H groups in total. The molecule has 0 aliphatic carbocycles. The summed E-state index contributed by atoms with van der Waals surface area (Å²) in [7, 11) is 1.59. The van der Waals surface area contributed by atoms with Crippen molar-refractivity contribution < 1.29 is 9.47 Å². The monoisotopic (exact) mass is 262 g/mol. The zero-order valence-electron chi connectivity index (χ0n) is 12.0. The highest BCUT2D eigenvalue weighted by atomic mass is 16.5. The molecule has 0 spiro atoms. The van der Waals surface area contributed by atoms with Gasteiger partial charge in [-0.3, -0.25) is 4.90 Å². The highest BCUT2D eigenvalue weighted by molar-refractivity contribution is 5.45. The molecule has 19 heavy (non-hydrogen) atoms. The van der Waals surface area contributed by atoms with E-state index in [0.29, 0.717) is 11.3 Å². The minimum absolute atomic E-state index is 0.573. The van der Waals surface area contributed by atoms with Gasteiger partial charge < -0.3 is 9.47 Å². The maximum Gasteiger partial charge on any atom is 0.136 e. The zero-order valence-corrected chi connectivity index (χ0v) is 12.0. The van der Waals surface area contributed by atoms with E-state index in [4.69, 9.17) is 14.7 Å². The second kappa shape index (κ2) is 8.52. The quantitative estimate of drug-likeness (QED) is 0.675. The maximum absolute atomic E-state index is 8.95. The Bertz CT molecular complexity index is 427. The van der Waals surface area contributed by atoms with Crippen LogP contribution in [0.25, 0.3) is 0 Å². The lowest BCUT2D eigenvalue weighted by molar-refractivity contribution is 0.113. The van der Waals surface area contributed by atoms with Crippen molar-refractivity contribution in [3.05, 3.63) is 29.3 Å². The summed E-state index contributed by atoms with van der Waals surface area (Å²) in [5.74, 6) is 0.640. The van der Waals surface area contributed by atoms with Gasteiger partial charge in [-0.05, 0) is 31.2 Å². The van der Waals surface area contributed by atoms with Crippen molar-refractivity contribution >= 4 is 0 Å². The molecule has 0 atom stereocenters. The fraction of sp³-hybridized carbons (Fsp3) is 0.533. The molecule has 4 nitrogen and oxygen atoms in total. The third kappa shape index (κ3) is 4.90. The third-order valence-corrected chi connectivity index (χ3v) is 3.00. The van der Waals surface area contributed by atoms with Crippen LogP contribution in [0.3, 0.4) is 0 Å². The second-order valence-electron chi connectivity index (χ2n) is 4.21. The summed E-state index contributed by atoms with van der Waals surface area (Å²) >= 11 is 0. The molecule has 1 rings (SSSR count). The SMILES string of the molecule is CCOCCN(CC)Cc1ccc(C#N)c(OC)c1. The van der Waals surface area contributed by atoms with Gasteiger partial charge in [-0.25, -0.2) is 0 Å². The molecular formula is C15H22N2O2. The maximum atomic E-state index is 8.95. The van der Waals surface area contributed by atoms with Gasteiger partial charge in [0.1, 0.15) is 11.8 Å². The van der Waals surface area contributed by atoms with E-state index in [1.165, 1.54) is 0 Å². The van der Waals surface area contributed by atoms with Gasteiger partial charge in [0.2, 0.25) is 0 Å². The summed E-state index contributed by atoms with van der Waals surface area (Å²) in [6, 6.07) is 7.84. The molecule has 1 aromatic rings. The van der Waals surface area contributed by atoms with Crippen LogP contribution in [0.4, 0.5) is 0 Å². The Balaban J connectivity index is 2.67. The Labute approximate surface area is 115 Å². The first-order valence-electron chi connectivity index (χ1n) is 6.62. The summed E-state index contributed by atoms with van der Waals surface area (Å²) in [4.78, 5) is 2.30. The minimum Gasteiger partial charge on any atom is -0.495 e. The molecule has 0 fully saturated rings. The van der Waals surface area contributed by atoms with Gasteiger partial charge in [0.05, 0.1) is 19.3 Å². The van der Waals surface area contributed by atoms with Crippen molar-refractivity contribution in [2.45, 2.75) is 20.4 Å². The molecule has 0 unspecified atom stereocenters. The van der Waals surface area contributed by atoms with Gasteiger partial charge in [0.15, 0.2) is 0 Å². The van der Waals surface area contributed by atoms with Crippen LogP contribution in [0.15, 0.2) is 18.2 Å². The van der Waals surface area contributed by atoms with Crippen LogP contribution in [0.1, 0.15) is 25.0 Å². The molecule has 0 aromatic heterocycles. The predicted molar refractivity (Wildman–Crippen MR) is 75.2 cm³/mol. The van der Waals surface area contributed by atoms with E-state index in [9.17, 15) is 0 Å². The summed E-state index contributed by atoms with van der Waals surface area (Å²) in [6.07, 6.45) is 0. The van der Waals surface area contributed by atoms with Gasteiger partial charge in [0.25, 0.3) is 0 Å². The number of nitrogens with zero attached hydrogens (tertiary/aromatic N) is 2. The van der Waals surface area contributed by atoms with Crippen LogP contribution in [-0.4, -0.2) is 38.3 Å². The van der Waals surface area contributed by atoms with Crippen LogP contribution in [0, 0.1) is 11.3 Å². The number of nitriles is 1.